The molecule has 3 rings (SSSR count). The minimum Gasteiger partial charge on any atom is -0.399 e. The zero-order valence-electron chi connectivity index (χ0n) is 13.2. The third-order valence-electron chi connectivity index (χ3n) is 3.44. The quantitative estimate of drug-likeness (QED) is 0.616. The van der Waals surface area contributed by atoms with Gasteiger partial charge in [0.1, 0.15) is 26.3 Å². The number of benzene rings is 1. The molecule has 7 nitrogen and oxygen atoms in total. The van der Waals surface area contributed by atoms with Crippen LogP contribution in [0.2, 0.25) is 0 Å². The van der Waals surface area contributed by atoms with Gasteiger partial charge in [-0.3, -0.25) is 0 Å². The number of fused-ring (bicyclic) bond motifs is 3. The van der Waals surface area contributed by atoms with E-state index in [1.54, 1.807) is 5.06 Å². The van der Waals surface area contributed by atoms with Crippen LogP contribution < -0.4 is 9.90 Å². The maximum Gasteiger partial charge on any atom is 0.190 e. The van der Waals surface area contributed by atoms with Crippen LogP contribution in [-0.4, -0.2) is 31.7 Å². The fraction of sp³-hybridized carbons (Fsp3) is 0.400. The molecule has 2 heterocycles. The van der Waals surface area contributed by atoms with Gasteiger partial charge in [-0.1, -0.05) is 10.3 Å². The van der Waals surface area contributed by atoms with E-state index in [0.717, 1.165) is 17.0 Å². The molecule has 116 valence electrons. The summed E-state index contributed by atoms with van der Waals surface area (Å²) in [4.78, 5) is 15.4. The number of oxime groups is 2. The average Bonchev–Trinajstić information content (AvgIpc) is 2.51. The molecule has 0 saturated carbocycles. The van der Waals surface area contributed by atoms with Gasteiger partial charge >= 0.3 is 0 Å². The van der Waals surface area contributed by atoms with Gasteiger partial charge in [0.25, 0.3) is 0 Å². The Morgan fingerprint density at radius 1 is 1.32 bits per heavy atom. The lowest BCUT2D eigenvalue weighted by molar-refractivity contribution is 0.207. The Hall–Kier alpha value is -2.75. The van der Waals surface area contributed by atoms with Crippen molar-refractivity contribution in [2.45, 2.75) is 26.8 Å². The van der Waals surface area contributed by atoms with E-state index in [4.69, 9.17) is 14.5 Å². The predicted molar refractivity (Wildman–Crippen MR) is 83.0 cm³/mol. The van der Waals surface area contributed by atoms with Crippen molar-refractivity contribution in [2.24, 2.45) is 10.3 Å². The van der Waals surface area contributed by atoms with Crippen LogP contribution in [0.3, 0.4) is 0 Å². The van der Waals surface area contributed by atoms with Crippen molar-refractivity contribution in [2.75, 3.05) is 19.3 Å². The molecule has 0 aromatic heterocycles. The average molecular weight is 302 g/mol. The molecule has 1 atom stereocenters. The molecule has 2 aliphatic heterocycles. The third kappa shape index (κ3) is 2.68. The summed E-state index contributed by atoms with van der Waals surface area (Å²) in [5.41, 5.74) is 3.31. The second-order valence-electron chi connectivity index (χ2n) is 4.88. The normalized spacial score (nSPS) is 15.2. The van der Waals surface area contributed by atoms with E-state index in [9.17, 15) is 5.26 Å². The highest BCUT2D eigenvalue weighted by Crippen LogP contribution is 2.37. The Morgan fingerprint density at radius 3 is 2.55 bits per heavy atom. The topological polar surface area (TPSA) is 79.4 Å². The fourth-order valence-electron chi connectivity index (χ4n) is 2.24. The van der Waals surface area contributed by atoms with E-state index in [1.807, 2.05) is 39.0 Å². The first-order valence-electron chi connectivity index (χ1n) is 6.74. The highest BCUT2D eigenvalue weighted by Gasteiger charge is 2.30. The van der Waals surface area contributed by atoms with Gasteiger partial charge in [0.2, 0.25) is 0 Å². The Morgan fingerprint density at radius 2 is 2.00 bits per heavy atom. The summed E-state index contributed by atoms with van der Waals surface area (Å²) < 4.78 is 0. The lowest BCUT2D eigenvalue weighted by Gasteiger charge is -2.36. The van der Waals surface area contributed by atoms with Crippen LogP contribution in [0.4, 0.5) is 5.69 Å². The van der Waals surface area contributed by atoms with Crippen molar-refractivity contribution in [3.05, 3.63) is 23.3 Å². The third-order valence-corrected chi connectivity index (χ3v) is 3.44. The zero-order chi connectivity index (χ0) is 16.3. The molecule has 7 heteroatoms. The number of hydroxylamine groups is 1. The van der Waals surface area contributed by atoms with Crippen molar-refractivity contribution in [1.29, 1.82) is 5.26 Å². The summed E-state index contributed by atoms with van der Waals surface area (Å²) in [7, 11) is 2.91. The van der Waals surface area contributed by atoms with Crippen LogP contribution in [0, 0.1) is 18.3 Å². The van der Waals surface area contributed by atoms with Gasteiger partial charge < -0.3 is 14.5 Å². The molecule has 1 aromatic rings. The van der Waals surface area contributed by atoms with E-state index >= 15 is 0 Å². The van der Waals surface area contributed by atoms with Crippen molar-refractivity contribution in [1.82, 2.24) is 0 Å². The van der Waals surface area contributed by atoms with Gasteiger partial charge in [0.15, 0.2) is 11.5 Å². The summed E-state index contributed by atoms with van der Waals surface area (Å²) in [5.74, 6) is 0.587. The van der Waals surface area contributed by atoms with Crippen molar-refractivity contribution < 1.29 is 14.5 Å². The van der Waals surface area contributed by atoms with Crippen LogP contribution >= 0.6 is 0 Å². The number of nitrogens with zero attached hydrogens (tertiary/aromatic N) is 4. The van der Waals surface area contributed by atoms with Crippen LogP contribution in [0.25, 0.3) is 0 Å². The van der Waals surface area contributed by atoms with Crippen LogP contribution in [0.5, 0.6) is 5.75 Å². The van der Waals surface area contributed by atoms with Crippen LogP contribution in [-0.2, 0) is 9.68 Å². The van der Waals surface area contributed by atoms with Gasteiger partial charge in [0.05, 0.1) is 17.0 Å². The Kier molecular flexibility index (Phi) is 4.51. The second-order valence-corrected chi connectivity index (χ2v) is 4.88. The molecule has 0 aliphatic carbocycles. The number of rotatable bonds is 5. The molecule has 2 aliphatic rings. The van der Waals surface area contributed by atoms with Crippen molar-refractivity contribution in [3.8, 4) is 11.8 Å². The number of hydrogen-bond donors (Lipinski definition) is 0. The largest absolute Gasteiger partial charge is 0.399 e. The number of hydrogen-bond acceptors (Lipinski definition) is 7. The minimum absolute atomic E-state index is 0.114. The van der Waals surface area contributed by atoms with E-state index in [1.165, 1.54) is 14.2 Å². The van der Waals surface area contributed by atoms with Crippen LogP contribution in [0.15, 0.2) is 22.4 Å². The highest BCUT2D eigenvalue weighted by molar-refractivity contribution is 6.14. The summed E-state index contributed by atoms with van der Waals surface area (Å²) in [6.45, 7) is 5.73. The molecule has 0 N–H and O–H groups in total. The van der Waals surface area contributed by atoms with Crippen molar-refractivity contribution in [3.63, 3.8) is 0 Å². The molecular weight excluding hydrogens is 284 g/mol. The molecule has 0 saturated heterocycles. The standard InChI is InChI=1S/C15H18N4O3/c1-9-6-12-7-13(14(8-16)18-21-5)15(9)22-19(12)11(3)10(2)17-20-4/h6-7,11H,1-5H3. The molecule has 0 spiro atoms. The molecular formula is C15H18N4O3. The van der Waals surface area contributed by atoms with Gasteiger partial charge in [-0.05, 0) is 38.5 Å². The van der Waals surface area contributed by atoms with E-state index in [-0.39, 0.29) is 11.8 Å². The highest BCUT2D eigenvalue weighted by atomic mass is 16.7. The summed E-state index contributed by atoms with van der Waals surface area (Å²) in [6.07, 6.45) is 0. The van der Waals surface area contributed by atoms with Crippen molar-refractivity contribution >= 4 is 17.1 Å². The summed E-state index contributed by atoms with van der Waals surface area (Å²) in [6, 6.07) is 5.74. The fourth-order valence-corrected chi connectivity index (χ4v) is 2.24. The summed E-state index contributed by atoms with van der Waals surface area (Å²) in [5, 5.41) is 18.6. The SMILES string of the molecule is CON=C(C#N)c1cc2cc(C)c1ON2C(C)C(C)=NOC. The lowest BCUT2D eigenvalue weighted by atomic mass is 10.0. The first-order valence-corrected chi connectivity index (χ1v) is 6.74. The number of aryl methyl sites for hydroxylation is 1. The van der Waals surface area contributed by atoms with E-state index in [0.29, 0.717) is 11.3 Å². The van der Waals surface area contributed by atoms with Gasteiger partial charge in [-0.2, -0.15) is 5.26 Å². The molecule has 1 aromatic carbocycles. The van der Waals surface area contributed by atoms with Gasteiger partial charge in [0, 0.05) is 0 Å². The zero-order valence-corrected chi connectivity index (χ0v) is 13.2. The Labute approximate surface area is 129 Å². The predicted octanol–water partition coefficient (Wildman–Crippen LogP) is 2.39. The molecule has 2 bridgehead atoms. The first-order chi connectivity index (χ1) is 10.5. The maximum atomic E-state index is 9.21. The lowest BCUT2D eigenvalue weighted by Crippen LogP contribution is -2.43. The molecule has 1 unspecified atom stereocenters. The Bertz CT molecular complexity index is 676. The minimum atomic E-state index is -0.114. The van der Waals surface area contributed by atoms with Gasteiger partial charge in [-0.25, -0.2) is 5.06 Å². The maximum absolute atomic E-state index is 9.21. The second kappa shape index (κ2) is 6.35. The van der Waals surface area contributed by atoms with Crippen LogP contribution in [0.1, 0.15) is 25.0 Å². The first kappa shape index (κ1) is 15.6. The summed E-state index contributed by atoms with van der Waals surface area (Å²) >= 11 is 0. The molecule has 0 amide bonds. The molecule has 0 radical (unpaired) electrons. The number of anilines is 1. The monoisotopic (exact) mass is 302 g/mol. The molecule has 0 fully saturated rings. The smallest absolute Gasteiger partial charge is 0.190 e. The van der Waals surface area contributed by atoms with E-state index in [2.05, 4.69) is 10.3 Å². The Balaban J connectivity index is 2.43. The van der Waals surface area contributed by atoms with Gasteiger partial charge in [-0.15, -0.1) is 0 Å². The molecule has 22 heavy (non-hydrogen) atoms. The number of nitriles is 1. The van der Waals surface area contributed by atoms with E-state index < -0.39 is 0 Å².